The molecule has 0 bridgehead atoms. The Morgan fingerprint density at radius 1 is 1.45 bits per heavy atom. The fourth-order valence-corrected chi connectivity index (χ4v) is 4.15. The molecule has 0 spiro atoms. The summed E-state index contributed by atoms with van der Waals surface area (Å²) in [5.74, 6) is 1.18. The number of rotatable bonds is 6. The van der Waals surface area contributed by atoms with E-state index >= 15 is 0 Å². The van der Waals surface area contributed by atoms with Gasteiger partial charge in [0.1, 0.15) is 0 Å². The van der Waals surface area contributed by atoms with Crippen LogP contribution in [0.4, 0.5) is 0 Å². The molecule has 0 unspecified atom stereocenters. The highest BCUT2D eigenvalue weighted by molar-refractivity contribution is 7.89. The summed E-state index contributed by atoms with van der Waals surface area (Å²) in [6.07, 6.45) is 0.609. The molecule has 0 amide bonds. The smallest absolute Gasteiger partial charge is 0.231 e. The number of aromatic nitrogens is 2. The summed E-state index contributed by atoms with van der Waals surface area (Å²) in [5, 5.41) is 3.78. The highest BCUT2D eigenvalue weighted by Gasteiger charge is 2.41. The minimum absolute atomic E-state index is 0.0477. The van der Waals surface area contributed by atoms with Crippen molar-refractivity contribution in [3.05, 3.63) is 11.7 Å². The van der Waals surface area contributed by atoms with E-state index in [2.05, 4.69) is 10.1 Å². The van der Waals surface area contributed by atoms with E-state index in [0.717, 1.165) is 0 Å². The van der Waals surface area contributed by atoms with Crippen LogP contribution < -0.4 is 0 Å². The van der Waals surface area contributed by atoms with E-state index in [1.807, 2.05) is 6.92 Å². The Morgan fingerprint density at radius 3 is 2.75 bits per heavy atom. The lowest BCUT2D eigenvalue weighted by Gasteiger charge is -2.15. The van der Waals surface area contributed by atoms with Gasteiger partial charge >= 0.3 is 0 Å². The van der Waals surface area contributed by atoms with Gasteiger partial charge in [-0.3, -0.25) is 0 Å². The van der Waals surface area contributed by atoms with Crippen LogP contribution in [-0.4, -0.2) is 55.4 Å². The SMILES string of the molecule is CCCS(=O)(=O)N1C[C@@H](COC)[C@H](c2nc(C)no2)C1. The molecule has 20 heavy (non-hydrogen) atoms. The van der Waals surface area contributed by atoms with Crippen molar-refractivity contribution in [2.45, 2.75) is 26.2 Å². The number of hydrogen-bond donors (Lipinski definition) is 0. The molecule has 0 aliphatic carbocycles. The monoisotopic (exact) mass is 303 g/mol. The lowest BCUT2D eigenvalue weighted by molar-refractivity contribution is 0.145. The average Bonchev–Trinajstić information content (AvgIpc) is 2.96. The Bertz CT molecular complexity index is 543. The molecule has 114 valence electrons. The van der Waals surface area contributed by atoms with E-state index < -0.39 is 10.0 Å². The maximum atomic E-state index is 12.2. The fraction of sp³-hybridized carbons (Fsp3) is 0.833. The summed E-state index contributed by atoms with van der Waals surface area (Å²) < 4.78 is 36.3. The third kappa shape index (κ3) is 3.18. The van der Waals surface area contributed by atoms with Crippen LogP contribution >= 0.6 is 0 Å². The zero-order chi connectivity index (χ0) is 14.8. The molecule has 1 aliphatic heterocycles. The number of nitrogens with zero attached hydrogens (tertiary/aromatic N) is 3. The number of methoxy groups -OCH3 is 1. The van der Waals surface area contributed by atoms with Gasteiger partial charge in [-0.1, -0.05) is 12.1 Å². The largest absolute Gasteiger partial charge is 0.384 e. The van der Waals surface area contributed by atoms with Crippen molar-refractivity contribution in [2.75, 3.05) is 32.6 Å². The van der Waals surface area contributed by atoms with Crippen LogP contribution in [0.25, 0.3) is 0 Å². The number of ether oxygens (including phenoxy) is 1. The van der Waals surface area contributed by atoms with Crippen LogP contribution in [0, 0.1) is 12.8 Å². The third-order valence-electron chi connectivity index (χ3n) is 3.50. The number of hydrogen-bond acceptors (Lipinski definition) is 6. The second-order valence-electron chi connectivity index (χ2n) is 5.13. The van der Waals surface area contributed by atoms with Crippen molar-refractivity contribution in [1.29, 1.82) is 0 Å². The van der Waals surface area contributed by atoms with Crippen LogP contribution in [0.15, 0.2) is 4.52 Å². The average molecular weight is 303 g/mol. The Kier molecular flexibility index (Phi) is 4.77. The van der Waals surface area contributed by atoms with E-state index in [0.29, 0.717) is 37.8 Å². The highest BCUT2D eigenvalue weighted by Crippen LogP contribution is 2.33. The first kappa shape index (κ1) is 15.4. The molecule has 0 saturated carbocycles. The Hall–Kier alpha value is -0.990. The fourth-order valence-electron chi connectivity index (χ4n) is 2.57. The van der Waals surface area contributed by atoms with Crippen LogP contribution in [0.2, 0.25) is 0 Å². The van der Waals surface area contributed by atoms with Gasteiger partial charge in [0, 0.05) is 26.1 Å². The molecule has 0 radical (unpaired) electrons. The molecule has 2 heterocycles. The van der Waals surface area contributed by atoms with E-state index in [9.17, 15) is 8.42 Å². The van der Waals surface area contributed by atoms with Crippen molar-refractivity contribution in [1.82, 2.24) is 14.4 Å². The Balaban J connectivity index is 2.19. The molecule has 2 atom stereocenters. The minimum atomic E-state index is -3.21. The molecule has 1 fully saturated rings. The molecule has 1 aromatic heterocycles. The zero-order valence-electron chi connectivity index (χ0n) is 12.1. The molecular weight excluding hydrogens is 282 g/mol. The van der Waals surface area contributed by atoms with E-state index in [-0.39, 0.29) is 17.6 Å². The van der Waals surface area contributed by atoms with Crippen molar-refractivity contribution in [3.63, 3.8) is 0 Å². The van der Waals surface area contributed by atoms with Crippen molar-refractivity contribution >= 4 is 10.0 Å². The lowest BCUT2D eigenvalue weighted by atomic mass is 9.97. The van der Waals surface area contributed by atoms with Crippen LogP contribution in [0.5, 0.6) is 0 Å². The molecule has 0 aromatic carbocycles. The van der Waals surface area contributed by atoms with Gasteiger partial charge in [-0.2, -0.15) is 4.98 Å². The molecule has 8 heteroatoms. The van der Waals surface area contributed by atoms with Gasteiger partial charge in [0.05, 0.1) is 18.3 Å². The topological polar surface area (TPSA) is 85.5 Å². The van der Waals surface area contributed by atoms with Gasteiger partial charge < -0.3 is 9.26 Å². The molecule has 1 aromatic rings. The normalized spacial score (nSPS) is 24.4. The molecule has 7 nitrogen and oxygen atoms in total. The third-order valence-corrected chi connectivity index (χ3v) is 5.51. The van der Waals surface area contributed by atoms with Gasteiger partial charge in [-0.15, -0.1) is 0 Å². The van der Waals surface area contributed by atoms with Crippen molar-refractivity contribution in [2.24, 2.45) is 5.92 Å². The quantitative estimate of drug-likeness (QED) is 0.772. The predicted octanol–water partition coefficient (Wildman–Crippen LogP) is 0.780. The van der Waals surface area contributed by atoms with Crippen LogP contribution in [0.3, 0.4) is 0 Å². The summed E-state index contributed by atoms with van der Waals surface area (Å²) in [6, 6.07) is 0. The number of aryl methyl sites for hydroxylation is 1. The Labute approximate surface area is 119 Å². The van der Waals surface area contributed by atoms with Crippen molar-refractivity contribution < 1.29 is 17.7 Å². The first-order valence-electron chi connectivity index (χ1n) is 6.75. The van der Waals surface area contributed by atoms with Crippen molar-refractivity contribution in [3.8, 4) is 0 Å². The van der Waals surface area contributed by atoms with E-state index in [4.69, 9.17) is 9.26 Å². The second kappa shape index (κ2) is 6.19. The number of sulfonamides is 1. The van der Waals surface area contributed by atoms with Gasteiger partial charge in [-0.25, -0.2) is 12.7 Å². The Morgan fingerprint density at radius 2 is 2.20 bits per heavy atom. The standard InChI is InChI=1S/C12H21N3O4S/c1-4-5-20(16,17)15-6-10(8-18-3)11(7-15)12-13-9(2)14-19-12/h10-11H,4-8H2,1-3H3/t10-,11+/m0/s1. The molecule has 1 aliphatic rings. The van der Waals surface area contributed by atoms with Crippen LogP contribution in [0.1, 0.15) is 31.0 Å². The van der Waals surface area contributed by atoms with E-state index in [1.54, 1.807) is 14.0 Å². The van der Waals surface area contributed by atoms with Gasteiger partial charge in [0.2, 0.25) is 15.9 Å². The first-order chi connectivity index (χ1) is 9.47. The summed E-state index contributed by atoms with van der Waals surface area (Å²) >= 11 is 0. The highest BCUT2D eigenvalue weighted by atomic mass is 32.2. The first-order valence-corrected chi connectivity index (χ1v) is 8.35. The second-order valence-corrected chi connectivity index (χ2v) is 7.22. The molecule has 1 saturated heterocycles. The summed E-state index contributed by atoms with van der Waals surface area (Å²) in [6.45, 7) is 4.92. The predicted molar refractivity (Wildman–Crippen MR) is 72.8 cm³/mol. The van der Waals surface area contributed by atoms with Crippen LogP contribution in [-0.2, 0) is 14.8 Å². The summed E-state index contributed by atoms with van der Waals surface area (Å²) in [7, 11) is -1.60. The molecular formula is C12H21N3O4S. The molecule has 0 N–H and O–H groups in total. The molecule has 2 rings (SSSR count). The summed E-state index contributed by atoms with van der Waals surface area (Å²) in [4.78, 5) is 4.23. The van der Waals surface area contributed by atoms with Gasteiger partial charge in [0.15, 0.2) is 5.82 Å². The summed E-state index contributed by atoms with van der Waals surface area (Å²) in [5.41, 5.74) is 0. The minimum Gasteiger partial charge on any atom is -0.384 e. The van der Waals surface area contributed by atoms with Gasteiger partial charge in [0.25, 0.3) is 0 Å². The maximum absolute atomic E-state index is 12.2. The maximum Gasteiger partial charge on any atom is 0.231 e. The van der Waals surface area contributed by atoms with E-state index in [1.165, 1.54) is 4.31 Å². The van der Waals surface area contributed by atoms with Gasteiger partial charge in [-0.05, 0) is 13.3 Å². The zero-order valence-corrected chi connectivity index (χ0v) is 12.9. The lowest BCUT2D eigenvalue weighted by Crippen LogP contribution is -2.31.